The molecule has 0 amide bonds. The van der Waals surface area contributed by atoms with Crippen LogP contribution in [-0.2, 0) is 11.3 Å². The molecule has 0 atom stereocenters. The van der Waals surface area contributed by atoms with Crippen molar-refractivity contribution in [1.29, 1.82) is 0 Å². The standard InChI is InChI=1S/C10H19N5OS/c1-16-7-10-13-8(6-9(14-10)15-11)12-4-3-5-17-2/h6H,3-5,7,11H2,1-2H3,(H2,12,13,14,15). The first-order valence-corrected chi connectivity index (χ1v) is 6.76. The number of hydrogen-bond donors (Lipinski definition) is 3. The molecule has 0 unspecified atom stereocenters. The fourth-order valence-electron chi connectivity index (χ4n) is 1.29. The molecule has 0 saturated heterocycles. The summed E-state index contributed by atoms with van der Waals surface area (Å²) in [5, 5.41) is 3.24. The molecule has 1 aromatic rings. The number of nitrogens with two attached hydrogens (primary N) is 1. The highest BCUT2D eigenvalue weighted by Crippen LogP contribution is 2.11. The van der Waals surface area contributed by atoms with E-state index in [-0.39, 0.29) is 0 Å². The summed E-state index contributed by atoms with van der Waals surface area (Å²) < 4.78 is 5.00. The predicted octanol–water partition coefficient (Wildman–Crippen LogP) is 1.07. The Kier molecular flexibility index (Phi) is 6.68. The van der Waals surface area contributed by atoms with Crippen molar-refractivity contribution in [3.8, 4) is 0 Å². The van der Waals surface area contributed by atoms with Crippen molar-refractivity contribution in [2.75, 3.05) is 36.4 Å². The zero-order chi connectivity index (χ0) is 12.5. The minimum absolute atomic E-state index is 0.370. The lowest BCUT2D eigenvalue weighted by Crippen LogP contribution is -2.13. The summed E-state index contributed by atoms with van der Waals surface area (Å²) in [5.41, 5.74) is 2.52. The van der Waals surface area contributed by atoms with Crippen LogP contribution in [0.1, 0.15) is 12.2 Å². The number of hydrazine groups is 1. The van der Waals surface area contributed by atoms with Crippen molar-refractivity contribution in [3.63, 3.8) is 0 Å². The number of methoxy groups -OCH3 is 1. The molecule has 0 aliphatic rings. The van der Waals surface area contributed by atoms with E-state index >= 15 is 0 Å². The number of nitrogens with zero attached hydrogens (tertiary/aromatic N) is 2. The molecule has 1 heterocycles. The van der Waals surface area contributed by atoms with E-state index in [4.69, 9.17) is 10.6 Å². The third-order valence-corrected chi connectivity index (χ3v) is 2.72. The van der Waals surface area contributed by atoms with Gasteiger partial charge in [0.1, 0.15) is 18.2 Å². The van der Waals surface area contributed by atoms with Crippen molar-refractivity contribution in [2.24, 2.45) is 5.84 Å². The SMILES string of the molecule is COCc1nc(NN)cc(NCCCSC)n1. The zero-order valence-electron chi connectivity index (χ0n) is 10.2. The second-order valence-electron chi connectivity index (χ2n) is 3.41. The zero-order valence-corrected chi connectivity index (χ0v) is 11.0. The Labute approximate surface area is 106 Å². The predicted molar refractivity (Wildman–Crippen MR) is 72.0 cm³/mol. The molecule has 0 bridgehead atoms. The molecule has 4 N–H and O–H groups in total. The quantitative estimate of drug-likeness (QED) is 0.365. The van der Waals surface area contributed by atoms with Gasteiger partial charge in [-0.15, -0.1) is 0 Å². The van der Waals surface area contributed by atoms with Crippen molar-refractivity contribution < 1.29 is 4.74 Å². The van der Waals surface area contributed by atoms with Crippen LogP contribution < -0.4 is 16.6 Å². The van der Waals surface area contributed by atoms with Crippen LogP contribution in [0, 0.1) is 0 Å². The van der Waals surface area contributed by atoms with Crippen LogP contribution in [-0.4, -0.2) is 35.6 Å². The molecule has 0 spiro atoms. The van der Waals surface area contributed by atoms with E-state index in [2.05, 4.69) is 27.0 Å². The highest BCUT2D eigenvalue weighted by atomic mass is 32.2. The lowest BCUT2D eigenvalue weighted by Gasteiger charge is -2.09. The van der Waals surface area contributed by atoms with E-state index in [0.29, 0.717) is 18.2 Å². The number of anilines is 2. The van der Waals surface area contributed by atoms with E-state index in [1.807, 2.05) is 11.8 Å². The molecule has 96 valence electrons. The van der Waals surface area contributed by atoms with Crippen LogP contribution in [0.3, 0.4) is 0 Å². The summed E-state index contributed by atoms with van der Waals surface area (Å²) >= 11 is 1.83. The van der Waals surface area contributed by atoms with E-state index in [0.717, 1.165) is 24.5 Å². The van der Waals surface area contributed by atoms with Gasteiger partial charge in [-0.1, -0.05) is 0 Å². The number of rotatable bonds is 8. The summed E-state index contributed by atoms with van der Waals surface area (Å²) in [6.45, 7) is 1.25. The third-order valence-electron chi connectivity index (χ3n) is 2.03. The fourth-order valence-corrected chi connectivity index (χ4v) is 1.72. The van der Waals surface area contributed by atoms with E-state index in [1.165, 1.54) is 0 Å². The summed E-state index contributed by atoms with van der Waals surface area (Å²) in [6, 6.07) is 1.78. The molecule has 1 aromatic heterocycles. The third kappa shape index (κ3) is 5.20. The number of hydrogen-bond acceptors (Lipinski definition) is 7. The maximum Gasteiger partial charge on any atom is 0.158 e. The monoisotopic (exact) mass is 257 g/mol. The first-order chi connectivity index (χ1) is 8.30. The van der Waals surface area contributed by atoms with Crippen molar-refractivity contribution in [2.45, 2.75) is 13.0 Å². The maximum atomic E-state index is 5.35. The summed E-state index contributed by atoms with van der Waals surface area (Å²) in [4.78, 5) is 8.49. The number of nitrogen functional groups attached to an aromatic ring is 1. The average Bonchev–Trinajstić information content (AvgIpc) is 2.35. The topological polar surface area (TPSA) is 85.1 Å². The Morgan fingerprint density at radius 1 is 1.41 bits per heavy atom. The van der Waals surface area contributed by atoms with Gasteiger partial charge in [0.2, 0.25) is 0 Å². The van der Waals surface area contributed by atoms with Gasteiger partial charge in [-0.3, -0.25) is 0 Å². The minimum atomic E-state index is 0.370. The van der Waals surface area contributed by atoms with E-state index in [1.54, 1.807) is 13.2 Å². The Hall–Kier alpha value is -1.05. The van der Waals surface area contributed by atoms with Gasteiger partial charge in [0.25, 0.3) is 0 Å². The molecule has 1 rings (SSSR count). The molecular weight excluding hydrogens is 238 g/mol. The Morgan fingerprint density at radius 2 is 2.18 bits per heavy atom. The Balaban J connectivity index is 2.59. The Bertz CT molecular complexity index is 336. The average molecular weight is 257 g/mol. The molecule has 0 aliphatic heterocycles. The summed E-state index contributed by atoms with van der Waals surface area (Å²) in [5.74, 6) is 8.43. The van der Waals surface area contributed by atoms with E-state index < -0.39 is 0 Å². The maximum absolute atomic E-state index is 5.35. The number of ether oxygens (including phenoxy) is 1. The van der Waals surface area contributed by atoms with Crippen LogP contribution in [0.4, 0.5) is 11.6 Å². The van der Waals surface area contributed by atoms with Crippen LogP contribution >= 0.6 is 11.8 Å². The number of nitrogens with one attached hydrogen (secondary N) is 2. The molecule has 17 heavy (non-hydrogen) atoms. The van der Waals surface area contributed by atoms with Crippen molar-refractivity contribution in [3.05, 3.63) is 11.9 Å². The van der Waals surface area contributed by atoms with E-state index in [9.17, 15) is 0 Å². The van der Waals surface area contributed by atoms with Gasteiger partial charge in [0, 0.05) is 19.7 Å². The van der Waals surface area contributed by atoms with Crippen molar-refractivity contribution >= 4 is 23.4 Å². The highest BCUT2D eigenvalue weighted by Gasteiger charge is 2.03. The first kappa shape index (κ1) is 14.0. The molecule has 6 nitrogen and oxygen atoms in total. The minimum Gasteiger partial charge on any atom is -0.377 e. The molecule has 7 heteroatoms. The van der Waals surface area contributed by atoms with Crippen LogP contribution in [0.15, 0.2) is 6.07 Å². The van der Waals surface area contributed by atoms with Gasteiger partial charge in [0.15, 0.2) is 5.82 Å². The normalized spacial score (nSPS) is 10.3. The molecule has 0 radical (unpaired) electrons. The number of thioether (sulfide) groups is 1. The first-order valence-electron chi connectivity index (χ1n) is 5.36. The van der Waals surface area contributed by atoms with Gasteiger partial charge < -0.3 is 15.5 Å². The summed E-state index contributed by atoms with van der Waals surface area (Å²) in [7, 11) is 1.61. The Morgan fingerprint density at radius 3 is 2.82 bits per heavy atom. The van der Waals surface area contributed by atoms with Crippen molar-refractivity contribution in [1.82, 2.24) is 9.97 Å². The van der Waals surface area contributed by atoms with Gasteiger partial charge in [0.05, 0.1) is 0 Å². The van der Waals surface area contributed by atoms with Gasteiger partial charge in [-0.2, -0.15) is 11.8 Å². The largest absolute Gasteiger partial charge is 0.377 e. The molecule has 0 fully saturated rings. The van der Waals surface area contributed by atoms with Crippen LogP contribution in [0.25, 0.3) is 0 Å². The van der Waals surface area contributed by atoms with Crippen LogP contribution in [0.5, 0.6) is 0 Å². The number of aromatic nitrogens is 2. The fraction of sp³-hybridized carbons (Fsp3) is 0.600. The van der Waals surface area contributed by atoms with Crippen LogP contribution in [0.2, 0.25) is 0 Å². The van der Waals surface area contributed by atoms with Gasteiger partial charge in [-0.25, -0.2) is 15.8 Å². The highest BCUT2D eigenvalue weighted by molar-refractivity contribution is 7.98. The second kappa shape index (κ2) is 8.10. The molecule has 0 aliphatic carbocycles. The summed E-state index contributed by atoms with van der Waals surface area (Å²) in [6.07, 6.45) is 3.19. The molecule has 0 aromatic carbocycles. The lowest BCUT2D eigenvalue weighted by atomic mass is 10.4. The molecular formula is C10H19N5OS. The molecule has 0 saturated carbocycles. The lowest BCUT2D eigenvalue weighted by molar-refractivity contribution is 0.178. The second-order valence-corrected chi connectivity index (χ2v) is 4.39. The van der Waals surface area contributed by atoms with Gasteiger partial charge in [-0.05, 0) is 18.4 Å². The smallest absolute Gasteiger partial charge is 0.158 e. The van der Waals surface area contributed by atoms with Gasteiger partial charge >= 0.3 is 0 Å².